The zero-order valence-electron chi connectivity index (χ0n) is 13.7. The zero-order chi connectivity index (χ0) is 16.8. The van der Waals surface area contributed by atoms with Gasteiger partial charge in [0.05, 0.1) is 0 Å². The molecular weight excluding hydrogens is 324 g/mol. The van der Waals surface area contributed by atoms with E-state index in [1.807, 2.05) is 30.5 Å². The maximum Gasteiger partial charge on any atom is 0.221 e. The average Bonchev–Trinajstić information content (AvgIpc) is 3.14. The van der Waals surface area contributed by atoms with Gasteiger partial charge in [-0.3, -0.25) is 9.89 Å². The number of hydrogen-bond acceptors (Lipinski definition) is 3. The van der Waals surface area contributed by atoms with Crippen molar-refractivity contribution in [3.05, 3.63) is 52.8 Å². The van der Waals surface area contributed by atoms with Crippen LogP contribution < -0.4 is 5.32 Å². The van der Waals surface area contributed by atoms with Crippen molar-refractivity contribution in [2.75, 3.05) is 19.6 Å². The number of hydrogen-bond donors (Lipinski definition) is 2. The summed E-state index contributed by atoms with van der Waals surface area (Å²) in [4.78, 5) is 14.4. The van der Waals surface area contributed by atoms with Crippen LogP contribution in [-0.4, -0.2) is 40.6 Å². The molecule has 2 heterocycles. The van der Waals surface area contributed by atoms with E-state index in [4.69, 9.17) is 11.6 Å². The van der Waals surface area contributed by atoms with Gasteiger partial charge in [-0.05, 0) is 43.6 Å². The molecule has 0 atom stereocenters. The number of piperidine rings is 1. The van der Waals surface area contributed by atoms with Gasteiger partial charge in [0.25, 0.3) is 0 Å². The van der Waals surface area contributed by atoms with Crippen LogP contribution in [0.25, 0.3) is 0 Å². The molecule has 1 aliphatic rings. The lowest BCUT2D eigenvalue weighted by Gasteiger charge is -2.31. The third-order valence-corrected chi connectivity index (χ3v) is 5.01. The molecule has 0 bridgehead atoms. The van der Waals surface area contributed by atoms with Gasteiger partial charge in [0.2, 0.25) is 5.91 Å². The van der Waals surface area contributed by atoms with Gasteiger partial charge < -0.3 is 10.2 Å². The summed E-state index contributed by atoms with van der Waals surface area (Å²) in [5.74, 6) is 0.642. The normalized spacial score (nSPS) is 16.2. The summed E-state index contributed by atoms with van der Waals surface area (Å²) in [6.07, 6.45) is 4.57. The van der Waals surface area contributed by atoms with E-state index in [0.717, 1.165) is 38.0 Å². The van der Waals surface area contributed by atoms with Crippen molar-refractivity contribution in [3.63, 3.8) is 0 Å². The molecule has 3 rings (SSSR count). The Kier molecular flexibility index (Phi) is 5.88. The zero-order valence-corrected chi connectivity index (χ0v) is 14.4. The SMILES string of the molecule is O=C(CCN1CCC(c2ccn[nH]2)CC1)NCc1ccccc1Cl. The number of likely N-dealkylation sites (tertiary alicyclic amines) is 1. The minimum absolute atomic E-state index is 0.0746. The summed E-state index contributed by atoms with van der Waals surface area (Å²) in [5, 5.41) is 10.7. The molecule has 2 aromatic rings. The van der Waals surface area contributed by atoms with Gasteiger partial charge in [-0.2, -0.15) is 5.10 Å². The molecular formula is C18H23ClN4O. The first-order valence-electron chi connectivity index (χ1n) is 8.44. The number of carbonyl (C=O) groups excluding carboxylic acids is 1. The molecule has 0 aliphatic carbocycles. The van der Waals surface area contributed by atoms with Crippen LogP contribution in [-0.2, 0) is 11.3 Å². The van der Waals surface area contributed by atoms with E-state index in [9.17, 15) is 4.79 Å². The molecule has 1 aliphatic heterocycles. The first-order valence-corrected chi connectivity index (χ1v) is 8.82. The van der Waals surface area contributed by atoms with Crippen molar-refractivity contribution in [1.29, 1.82) is 0 Å². The number of benzene rings is 1. The van der Waals surface area contributed by atoms with Crippen LogP contribution in [0.1, 0.15) is 36.4 Å². The number of nitrogens with zero attached hydrogens (tertiary/aromatic N) is 2. The summed E-state index contributed by atoms with van der Waals surface area (Å²) in [5.41, 5.74) is 2.18. The monoisotopic (exact) mass is 346 g/mol. The van der Waals surface area contributed by atoms with Gasteiger partial charge in [0, 0.05) is 42.3 Å². The number of aromatic amines is 1. The molecule has 1 aromatic carbocycles. The number of nitrogens with one attached hydrogen (secondary N) is 2. The Bertz CT molecular complexity index is 651. The smallest absolute Gasteiger partial charge is 0.221 e. The Morgan fingerprint density at radius 1 is 1.29 bits per heavy atom. The van der Waals surface area contributed by atoms with E-state index in [-0.39, 0.29) is 5.91 Å². The lowest BCUT2D eigenvalue weighted by atomic mass is 9.93. The summed E-state index contributed by atoms with van der Waals surface area (Å²) in [6.45, 7) is 3.35. The maximum absolute atomic E-state index is 12.0. The lowest BCUT2D eigenvalue weighted by molar-refractivity contribution is -0.121. The third-order valence-electron chi connectivity index (χ3n) is 4.64. The second-order valence-corrected chi connectivity index (χ2v) is 6.65. The van der Waals surface area contributed by atoms with Gasteiger partial charge in [-0.1, -0.05) is 29.8 Å². The molecule has 24 heavy (non-hydrogen) atoms. The van der Waals surface area contributed by atoms with Gasteiger partial charge >= 0.3 is 0 Å². The predicted molar refractivity (Wildman–Crippen MR) is 94.9 cm³/mol. The number of carbonyl (C=O) groups is 1. The summed E-state index contributed by atoms with van der Waals surface area (Å²) < 4.78 is 0. The highest BCUT2D eigenvalue weighted by Gasteiger charge is 2.21. The summed E-state index contributed by atoms with van der Waals surface area (Å²) in [6, 6.07) is 9.65. The van der Waals surface area contributed by atoms with Crippen LogP contribution >= 0.6 is 11.6 Å². The van der Waals surface area contributed by atoms with Crippen molar-refractivity contribution in [2.45, 2.75) is 31.7 Å². The molecule has 1 aromatic heterocycles. The molecule has 5 nitrogen and oxygen atoms in total. The van der Waals surface area contributed by atoms with E-state index in [2.05, 4.69) is 26.5 Å². The number of aromatic nitrogens is 2. The van der Waals surface area contributed by atoms with Crippen molar-refractivity contribution in [3.8, 4) is 0 Å². The molecule has 0 radical (unpaired) electrons. The van der Waals surface area contributed by atoms with Gasteiger partial charge in [-0.25, -0.2) is 0 Å². The minimum atomic E-state index is 0.0746. The van der Waals surface area contributed by atoms with E-state index in [0.29, 0.717) is 23.9 Å². The first kappa shape index (κ1) is 17.0. The Morgan fingerprint density at radius 3 is 2.79 bits per heavy atom. The Morgan fingerprint density at radius 2 is 2.08 bits per heavy atom. The van der Waals surface area contributed by atoms with Gasteiger partial charge in [-0.15, -0.1) is 0 Å². The molecule has 128 valence electrons. The Balaban J connectivity index is 1.36. The second kappa shape index (κ2) is 8.31. The van der Waals surface area contributed by atoms with Crippen molar-refractivity contribution >= 4 is 17.5 Å². The number of amides is 1. The van der Waals surface area contributed by atoms with Crippen molar-refractivity contribution in [2.24, 2.45) is 0 Å². The largest absolute Gasteiger partial charge is 0.352 e. The molecule has 1 saturated heterocycles. The number of halogens is 1. The van der Waals surface area contributed by atoms with E-state index in [1.54, 1.807) is 0 Å². The van der Waals surface area contributed by atoms with E-state index < -0.39 is 0 Å². The first-order chi connectivity index (χ1) is 11.7. The number of H-pyrrole nitrogens is 1. The molecule has 1 fully saturated rings. The van der Waals surface area contributed by atoms with Gasteiger partial charge in [0.15, 0.2) is 0 Å². The Labute approximate surface area is 147 Å². The summed E-state index contributed by atoms with van der Waals surface area (Å²) >= 11 is 6.10. The molecule has 2 N–H and O–H groups in total. The predicted octanol–water partition coefficient (Wildman–Crippen LogP) is 2.95. The standard InChI is InChI=1S/C18H23ClN4O/c19-16-4-2-1-3-15(16)13-20-18(24)8-12-23-10-6-14(7-11-23)17-5-9-21-22-17/h1-5,9,14H,6-8,10-13H2,(H,20,24)(H,21,22). The highest BCUT2D eigenvalue weighted by atomic mass is 35.5. The van der Waals surface area contributed by atoms with Crippen molar-refractivity contribution < 1.29 is 4.79 Å². The van der Waals surface area contributed by atoms with Gasteiger partial charge in [0.1, 0.15) is 0 Å². The highest BCUT2D eigenvalue weighted by Crippen LogP contribution is 2.26. The van der Waals surface area contributed by atoms with Crippen LogP contribution in [0.3, 0.4) is 0 Å². The van der Waals surface area contributed by atoms with Crippen LogP contribution in [0.4, 0.5) is 0 Å². The fourth-order valence-electron chi connectivity index (χ4n) is 3.15. The quantitative estimate of drug-likeness (QED) is 0.845. The molecule has 1 amide bonds. The fourth-order valence-corrected chi connectivity index (χ4v) is 3.35. The molecule has 0 spiro atoms. The topological polar surface area (TPSA) is 61.0 Å². The van der Waals surface area contributed by atoms with Crippen LogP contribution in [0, 0.1) is 0 Å². The van der Waals surface area contributed by atoms with Crippen molar-refractivity contribution in [1.82, 2.24) is 20.4 Å². The lowest BCUT2D eigenvalue weighted by Crippen LogP contribution is -2.36. The maximum atomic E-state index is 12.0. The molecule has 0 unspecified atom stereocenters. The van der Waals surface area contributed by atoms with E-state index in [1.165, 1.54) is 5.69 Å². The summed E-state index contributed by atoms with van der Waals surface area (Å²) in [7, 11) is 0. The molecule has 0 saturated carbocycles. The van der Waals surface area contributed by atoms with Crippen LogP contribution in [0.15, 0.2) is 36.5 Å². The van der Waals surface area contributed by atoms with E-state index >= 15 is 0 Å². The second-order valence-electron chi connectivity index (χ2n) is 6.25. The number of rotatable bonds is 6. The highest BCUT2D eigenvalue weighted by molar-refractivity contribution is 6.31. The third kappa shape index (κ3) is 4.58. The van der Waals surface area contributed by atoms with Crippen LogP contribution in [0.5, 0.6) is 0 Å². The average molecular weight is 347 g/mol. The van der Waals surface area contributed by atoms with Crippen LogP contribution in [0.2, 0.25) is 5.02 Å². The Hall–Kier alpha value is -1.85. The minimum Gasteiger partial charge on any atom is -0.352 e. The fraction of sp³-hybridized carbons (Fsp3) is 0.444. The molecule has 6 heteroatoms.